The van der Waals surface area contributed by atoms with Gasteiger partial charge in [0.1, 0.15) is 0 Å². The second kappa shape index (κ2) is 3.73. The molecule has 0 aliphatic rings. The topological polar surface area (TPSA) is 0 Å². The molecular formula is C7H11Ge. The van der Waals surface area contributed by atoms with Crippen LogP contribution in [0.3, 0.4) is 0 Å². The standard InChI is InChI=1S/C7H7.GeH4/c1-7-5-3-2-4-6-7;/h3-6H,1H3;1H4. The molecule has 1 aromatic carbocycles. The summed E-state index contributed by atoms with van der Waals surface area (Å²) in [6, 6.07) is 10.8. The van der Waals surface area contributed by atoms with E-state index in [1.807, 2.05) is 24.3 Å². The number of benzene rings is 1. The minimum absolute atomic E-state index is 0. The minimum atomic E-state index is 0. The molecular weight excluding hydrogens is 157 g/mol. The zero-order chi connectivity index (χ0) is 5.11. The van der Waals surface area contributed by atoms with Crippen molar-refractivity contribution in [3.8, 4) is 0 Å². The van der Waals surface area contributed by atoms with Gasteiger partial charge in [-0.1, -0.05) is 29.8 Å². The number of hydrogen-bond donors (Lipinski definition) is 0. The van der Waals surface area contributed by atoms with Gasteiger partial charge in [0, 0.05) is 0 Å². The van der Waals surface area contributed by atoms with Crippen molar-refractivity contribution in [2.75, 3.05) is 0 Å². The van der Waals surface area contributed by atoms with Crippen LogP contribution in [0.5, 0.6) is 0 Å². The Labute approximate surface area is 60.9 Å². The van der Waals surface area contributed by atoms with Crippen LogP contribution in [0, 0.1) is 13.0 Å². The molecule has 1 heteroatoms. The molecule has 1 aromatic rings. The van der Waals surface area contributed by atoms with E-state index in [4.69, 9.17) is 0 Å². The molecule has 0 aliphatic carbocycles. The molecule has 8 heavy (non-hydrogen) atoms. The van der Waals surface area contributed by atoms with Gasteiger partial charge in [-0.05, 0) is 13.0 Å². The molecule has 0 fully saturated rings. The predicted octanol–water partition coefficient (Wildman–Crippen LogP) is 0.344. The van der Waals surface area contributed by atoms with Crippen molar-refractivity contribution in [3.63, 3.8) is 0 Å². The maximum absolute atomic E-state index is 2.93. The molecule has 43 valence electrons. The van der Waals surface area contributed by atoms with E-state index in [-0.39, 0.29) is 17.6 Å². The fourth-order valence-corrected chi connectivity index (χ4v) is 0.470. The Morgan fingerprint density at radius 2 is 1.75 bits per heavy atom. The number of hydrogen-bond acceptors (Lipinski definition) is 0. The Kier molecular flexibility index (Phi) is 3.62. The molecule has 0 saturated carbocycles. The third-order valence-electron chi connectivity index (χ3n) is 0.885. The first-order valence-electron chi connectivity index (χ1n) is 2.32. The Morgan fingerprint density at radius 3 is 2.00 bits per heavy atom. The average Bonchev–Trinajstić information content (AvgIpc) is 1.69. The normalized spacial score (nSPS) is 7.62. The number of aryl methyl sites for hydroxylation is 1. The van der Waals surface area contributed by atoms with E-state index in [0.29, 0.717) is 0 Å². The second-order valence-corrected chi connectivity index (χ2v) is 1.58. The van der Waals surface area contributed by atoms with E-state index in [1.165, 1.54) is 5.56 Å². The summed E-state index contributed by atoms with van der Waals surface area (Å²) in [5.41, 5.74) is 1.29. The van der Waals surface area contributed by atoms with Crippen LogP contribution in [0.1, 0.15) is 5.56 Å². The Morgan fingerprint density at radius 1 is 1.25 bits per heavy atom. The quantitative estimate of drug-likeness (QED) is 0.490. The Balaban J connectivity index is 0.000000490. The summed E-state index contributed by atoms with van der Waals surface area (Å²) in [6.45, 7) is 2.06. The summed E-state index contributed by atoms with van der Waals surface area (Å²) >= 11 is 0. The van der Waals surface area contributed by atoms with Crippen LogP contribution in [-0.2, 0) is 0 Å². The molecule has 0 aliphatic heterocycles. The van der Waals surface area contributed by atoms with Crippen molar-refractivity contribution in [2.24, 2.45) is 0 Å². The van der Waals surface area contributed by atoms with Gasteiger partial charge in [-0.25, -0.2) is 0 Å². The summed E-state index contributed by atoms with van der Waals surface area (Å²) in [6.07, 6.45) is 0. The summed E-state index contributed by atoms with van der Waals surface area (Å²) in [7, 11) is 0. The maximum atomic E-state index is 2.93. The van der Waals surface area contributed by atoms with Crippen molar-refractivity contribution in [2.45, 2.75) is 6.92 Å². The zero-order valence-corrected chi connectivity index (χ0v) is 4.31. The Bertz CT molecular complexity index is 134. The summed E-state index contributed by atoms with van der Waals surface area (Å²) in [4.78, 5) is 0. The third-order valence-corrected chi connectivity index (χ3v) is 0.885. The van der Waals surface area contributed by atoms with Gasteiger partial charge in [-0.3, -0.25) is 0 Å². The van der Waals surface area contributed by atoms with Gasteiger partial charge in [0.2, 0.25) is 0 Å². The second-order valence-electron chi connectivity index (χ2n) is 1.58. The molecule has 1 radical (unpaired) electrons. The molecule has 0 amide bonds. The molecule has 0 unspecified atom stereocenters. The van der Waals surface area contributed by atoms with Crippen LogP contribution in [0.15, 0.2) is 24.3 Å². The summed E-state index contributed by atoms with van der Waals surface area (Å²) in [5, 5.41) is 0. The van der Waals surface area contributed by atoms with Crippen molar-refractivity contribution in [3.05, 3.63) is 35.9 Å². The van der Waals surface area contributed by atoms with Gasteiger partial charge >= 0.3 is 17.6 Å². The predicted molar refractivity (Wildman–Crippen MR) is 41.3 cm³/mol. The van der Waals surface area contributed by atoms with Gasteiger partial charge in [-0.2, -0.15) is 0 Å². The van der Waals surface area contributed by atoms with Crippen LogP contribution >= 0.6 is 0 Å². The molecule has 0 aromatic heterocycles. The van der Waals surface area contributed by atoms with Crippen molar-refractivity contribution in [1.29, 1.82) is 0 Å². The van der Waals surface area contributed by atoms with E-state index < -0.39 is 0 Å². The van der Waals surface area contributed by atoms with Crippen LogP contribution < -0.4 is 0 Å². The molecule has 0 heterocycles. The first kappa shape index (κ1) is 7.76. The van der Waals surface area contributed by atoms with Crippen molar-refractivity contribution >= 4 is 17.6 Å². The zero-order valence-electron chi connectivity index (χ0n) is 4.31. The molecule has 1 rings (SSSR count). The third kappa shape index (κ3) is 2.17. The molecule has 0 bridgehead atoms. The molecule has 0 nitrogen and oxygen atoms in total. The number of rotatable bonds is 0. The van der Waals surface area contributed by atoms with E-state index in [0.717, 1.165) is 0 Å². The van der Waals surface area contributed by atoms with Gasteiger partial charge in [0.25, 0.3) is 0 Å². The molecule has 0 saturated heterocycles. The summed E-state index contributed by atoms with van der Waals surface area (Å²) < 4.78 is 0. The molecule has 0 N–H and O–H groups in total. The van der Waals surface area contributed by atoms with Crippen LogP contribution in [0.25, 0.3) is 0 Å². The van der Waals surface area contributed by atoms with Crippen LogP contribution in [0.4, 0.5) is 0 Å². The van der Waals surface area contributed by atoms with Crippen LogP contribution in [-0.4, -0.2) is 17.6 Å². The van der Waals surface area contributed by atoms with Gasteiger partial charge < -0.3 is 0 Å². The average molecular weight is 168 g/mol. The van der Waals surface area contributed by atoms with E-state index in [2.05, 4.69) is 13.0 Å². The SMILES string of the molecule is Cc1cc[c]cc1.[GeH4]. The first-order valence-corrected chi connectivity index (χ1v) is 2.32. The first-order chi connectivity index (χ1) is 3.39. The van der Waals surface area contributed by atoms with Crippen LogP contribution in [0.2, 0.25) is 0 Å². The van der Waals surface area contributed by atoms with E-state index in [1.54, 1.807) is 0 Å². The van der Waals surface area contributed by atoms with Gasteiger partial charge in [-0.15, -0.1) is 0 Å². The van der Waals surface area contributed by atoms with Gasteiger partial charge in [0.05, 0.1) is 0 Å². The molecule has 0 spiro atoms. The van der Waals surface area contributed by atoms with Crippen molar-refractivity contribution in [1.82, 2.24) is 0 Å². The van der Waals surface area contributed by atoms with Gasteiger partial charge in [0.15, 0.2) is 0 Å². The summed E-state index contributed by atoms with van der Waals surface area (Å²) in [5.74, 6) is 0. The fourth-order valence-electron chi connectivity index (χ4n) is 0.470. The van der Waals surface area contributed by atoms with E-state index >= 15 is 0 Å². The monoisotopic (exact) mass is 169 g/mol. The molecule has 0 atom stereocenters. The fraction of sp³-hybridized carbons (Fsp3) is 0.143. The van der Waals surface area contributed by atoms with E-state index in [9.17, 15) is 0 Å². The van der Waals surface area contributed by atoms with Crippen molar-refractivity contribution < 1.29 is 0 Å². The Hall–Kier alpha value is -0.237.